The number of carbonyl (C=O) groups is 1. The highest BCUT2D eigenvalue weighted by Gasteiger charge is 2.21. The molecule has 0 radical (unpaired) electrons. The second-order valence-corrected chi connectivity index (χ2v) is 6.16. The predicted molar refractivity (Wildman–Crippen MR) is 66.3 cm³/mol. The molecule has 0 saturated heterocycles. The van der Waals surface area contributed by atoms with E-state index in [0.29, 0.717) is 0 Å². The lowest BCUT2D eigenvalue weighted by Crippen LogP contribution is -2.38. The summed E-state index contributed by atoms with van der Waals surface area (Å²) in [6, 6.07) is 3.33. The van der Waals surface area contributed by atoms with Gasteiger partial charge in [0.15, 0.2) is 0 Å². The van der Waals surface area contributed by atoms with Gasteiger partial charge in [-0.2, -0.15) is 4.72 Å². The summed E-state index contributed by atoms with van der Waals surface area (Å²) in [6.07, 6.45) is 0. The summed E-state index contributed by atoms with van der Waals surface area (Å²) >= 11 is 3.26. The third-order valence-electron chi connectivity index (χ3n) is 2.14. The molecular weight excluding hydrogens is 310 g/mol. The van der Waals surface area contributed by atoms with Gasteiger partial charge in [-0.15, -0.1) is 0 Å². The van der Waals surface area contributed by atoms with Crippen molar-refractivity contribution in [2.75, 3.05) is 0 Å². The summed E-state index contributed by atoms with van der Waals surface area (Å²) < 4.78 is 26.5. The molecule has 0 spiro atoms. The van der Waals surface area contributed by atoms with Crippen molar-refractivity contribution in [3.05, 3.63) is 28.2 Å². The third kappa shape index (κ3) is 3.52. The van der Waals surface area contributed by atoms with E-state index in [1.807, 2.05) is 0 Å². The van der Waals surface area contributed by atoms with Gasteiger partial charge in [0, 0.05) is 4.47 Å². The van der Waals surface area contributed by atoms with Crippen molar-refractivity contribution in [3.63, 3.8) is 0 Å². The molecule has 0 saturated carbocycles. The number of aliphatic carboxylic acids is 1. The van der Waals surface area contributed by atoms with Gasteiger partial charge in [-0.3, -0.25) is 4.79 Å². The summed E-state index contributed by atoms with van der Waals surface area (Å²) in [5, 5.41) is 8.66. The summed E-state index contributed by atoms with van der Waals surface area (Å²) in [4.78, 5) is 10.6. The molecular formula is C10H12BrNO4S. The molecule has 0 aromatic heterocycles. The molecule has 0 aliphatic carbocycles. The van der Waals surface area contributed by atoms with Crippen LogP contribution in [0.1, 0.15) is 12.5 Å². The van der Waals surface area contributed by atoms with Crippen molar-refractivity contribution in [1.82, 2.24) is 4.72 Å². The zero-order valence-electron chi connectivity index (χ0n) is 9.27. The predicted octanol–water partition coefficient (Wildman–Crippen LogP) is 1.51. The van der Waals surface area contributed by atoms with Gasteiger partial charge in [0.2, 0.25) is 10.0 Å². The summed E-state index contributed by atoms with van der Waals surface area (Å²) in [5.41, 5.74) is 0.760. The van der Waals surface area contributed by atoms with E-state index < -0.39 is 22.0 Å². The molecule has 0 unspecified atom stereocenters. The normalized spacial score (nSPS) is 13.4. The van der Waals surface area contributed by atoms with E-state index >= 15 is 0 Å². The number of hydrogen-bond acceptors (Lipinski definition) is 3. The fourth-order valence-electron chi connectivity index (χ4n) is 1.14. The maximum absolute atomic E-state index is 11.8. The Labute approximate surface area is 108 Å². The molecule has 0 amide bonds. The van der Waals surface area contributed by atoms with E-state index in [-0.39, 0.29) is 4.90 Å². The number of hydrogen-bond donors (Lipinski definition) is 2. The van der Waals surface area contributed by atoms with E-state index in [4.69, 9.17) is 5.11 Å². The Kier molecular flexibility index (Phi) is 4.29. The number of carboxylic acid groups (broad SMARTS) is 1. The van der Waals surface area contributed by atoms with Crippen LogP contribution in [0.3, 0.4) is 0 Å². The molecule has 0 heterocycles. The fraction of sp³-hybridized carbons (Fsp3) is 0.300. The maximum atomic E-state index is 11.8. The Bertz CT molecular complexity index is 541. The second-order valence-electron chi connectivity index (χ2n) is 3.59. The molecule has 0 fully saturated rings. The van der Waals surface area contributed by atoms with E-state index in [2.05, 4.69) is 20.7 Å². The van der Waals surface area contributed by atoms with Gasteiger partial charge in [0.1, 0.15) is 6.04 Å². The molecule has 1 atom stereocenters. The number of carboxylic acids is 1. The lowest BCUT2D eigenvalue weighted by Gasteiger charge is -2.11. The number of aryl methyl sites for hydroxylation is 1. The van der Waals surface area contributed by atoms with Crippen molar-refractivity contribution in [3.8, 4) is 0 Å². The van der Waals surface area contributed by atoms with Crippen LogP contribution in [0, 0.1) is 6.92 Å². The lowest BCUT2D eigenvalue weighted by atomic mass is 10.2. The van der Waals surface area contributed by atoms with Crippen LogP contribution in [-0.4, -0.2) is 25.5 Å². The van der Waals surface area contributed by atoms with Crippen molar-refractivity contribution in [1.29, 1.82) is 0 Å². The van der Waals surface area contributed by atoms with Crippen LogP contribution in [0.15, 0.2) is 27.6 Å². The monoisotopic (exact) mass is 321 g/mol. The van der Waals surface area contributed by atoms with Crippen molar-refractivity contribution in [2.45, 2.75) is 24.8 Å². The Morgan fingerprint density at radius 2 is 2.06 bits per heavy atom. The van der Waals surface area contributed by atoms with Crippen LogP contribution >= 0.6 is 15.9 Å². The third-order valence-corrected chi connectivity index (χ3v) is 4.57. The average Bonchev–Trinajstić information content (AvgIpc) is 2.21. The first-order chi connectivity index (χ1) is 7.74. The molecule has 17 heavy (non-hydrogen) atoms. The average molecular weight is 322 g/mol. The van der Waals surface area contributed by atoms with Crippen LogP contribution in [0.5, 0.6) is 0 Å². The maximum Gasteiger partial charge on any atom is 0.321 e. The van der Waals surface area contributed by atoms with Gasteiger partial charge in [-0.1, -0.05) is 15.9 Å². The first-order valence-corrected chi connectivity index (χ1v) is 7.03. The van der Waals surface area contributed by atoms with Crippen molar-refractivity contribution < 1.29 is 18.3 Å². The van der Waals surface area contributed by atoms with E-state index in [0.717, 1.165) is 10.0 Å². The second kappa shape index (κ2) is 5.16. The molecule has 94 valence electrons. The van der Waals surface area contributed by atoms with E-state index in [9.17, 15) is 13.2 Å². The molecule has 0 aliphatic rings. The van der Waals surface area contributed by atoms with Crippen LogP contribution in [0.25, 0.3) is 0 Å². The number of halogens is 1. The van der Waals surface area contributed by atoms with Gasteiger partial charge in [0.05, 0.1) is 4.90 Å². The van der Waals surface area contributed by atoms with Crippen molar-refractivity contribution >= 4 is 31.9 Å². The molecule has 1 aromatic carbocycles. The highest BCUT2D eigenvalue weighted by atomic mass is 79.9. The lowest BCUT2D eigenvalue weighted by molar-refractivity contribution is -0.138. The smallest absolute Gasteiger partial charge is 0.321 e. The minimum absolute atomic E-state index is 0.0475. The Morgan fingerprint density at radius 1 is 1.47 bits per heavy atom. The largest absolute Gasteiger partial charge is 0.480 e. The zero-order valence-corrected chi connectivity index (χ0v) is 11.7. The van der Waals surface area contributed by atoms with Crippen LogP contribution in [0.2, 0.25) is 0 Å². The number of benzene rings is 1. The van der Waals surface area contributed by atoms with Gasteiger partial charge < -0.3 is 5.11 Å². The Balaban J connectivity index is 3.05. The number of nitrogens with one attached hydrogen (secondary N) is 1. The molecule has 2 N–H and O–H groups in total. The first kappa shape index (κ1) is 14.1. The van der Waals surface area contributed by atoms with E-state index in [1.54, 1.807) is 13.0 Å². The van der Waals surface area contributed by atoms with Crippen LogP contribution in [-0.2, 0) is 14.8 Å². The number of rotatable bonds is 4. The van der Waals surface area contributed by atoms with Crippen molar-refractivity contribution in [2.24, 2.45) is 0 Å². The molecule has 7 heteroatoms. The quantitative estimate of drug-likeness (QED) is 0.880. The van der Waals surface area contributed by atoms with Gasteiger partial charge >= 0.3 is 5.97 Å². The standard InChI is InChI=1S/C10H12BrNO4S/c1-6-5-8(3-4-9(6)11)17(15,16)12-7(2)10(13)14/h3-5,7,12H,1-2H3,(H,13,14)/t7-/m0/s1. The summed E-state index contributed by atoms with van der Waals surface area (Å²) in [7, 11) is -3.80. The summed E-state index contributed by atoms with van der Waals surface area (Å²) in [6.45, 7) is 3.02. The van der Waals surface area contributed by atoms with E-state index in [1.165, 1.54) is 19.1 Å². The fourth-order valence-corrected chi connectivity index (χ4v) is 2.66. The Morgan fingerprint density at radius 3 is 2.53 bits per heavy atom. The first-order valence-electron chi connectivity index (χ1n) is 4.75. The minimum atomic E-state index is -3.80. The SMILES string of the molecule is Cc1cc(S(=O)(=O)N[C@@H](C)C(=O)O)ccc1Br. The highest BCUT2D eigenvalue weighted by Crippen LogP contribution is 2.20. The molecule has 0 aliphatic heterocycles. The molecule has 1 aromatic rings. The summed E-state index contributed by atoms with van der Waals surface area (Å²) in [5.74, 6) is -1.22. The minimum Gasteiger partial charge on any atom is -0.480 e. The molecule has 5 nitrogen and oxygen atoms in total. The van der Waals surface area contributed by atoms with Crippen LogP contribution < -0.4 is 4.72 Å². The number of sulfonamides is 1. The zero-order chi connectivity index (χ0) is 13.2. The molecule has 0 bridgehead atoms. The highest BCUT2D eigenvalue weighted by molar-refractivity contribution is 9.10. The van der Waals surface area contributed by atoms with Gasteiger partial charge in [-0.05, 0) is 37.6 Å². The molecule has 1 rings (SSSR count). The van der Waals surface area contributed by atoms with Crippen LogP contribution in [0.4, 0.5) is 0 Å². The topological polar surface area (TPSA) is 83.5 Å². The Hall–Kier alpha value is -0.920. The van der Waals surface area contributed by atoms with Gasteiger partial charge in [0.25, 0.3) is 0 Å². The van der Waals surface area contributed by atoms with Gasteiger partial charge in [-0.25, -0.2) is 8.42 Å².